The van der Waals surface area contributed by atoms with E-state index in [0.717, 1.165) is 6.42 Å². The third-order valence-electron chi connectivity index (χ3n) is 2.46. The monoisotopic (exact) mass is 313 g/mol. The Labute approximate surface area is 104 Å². The number of primary amides is 1. The van der Waals surface area contributed by atoms with Crippen molar-refractivity contribution in [3.63, 3.8) is 0 Å². The van der Waals surface area contributed by atoms with Crippen LogP contribution in [-0.2, 0) is 14.8 Å². The molecule has 0 saturated carbocycles. The summed E-state index contributed by atoms with van der Waals surface area (Å²) in [5, 5.41) is 0. The van der Waals surface area contributed by atoms with Gasteiger partial charge in [0.15, 0.2) is 0 Å². The lowest BCUT2D eigenvalue weighted by atomic mass is 10.4. The molecule has 0 atom stereocenters. The van der Waals surface area contributed by atoms with E-state index < -0.39 is 10.0 Å². The minimum atomic E-state index is -3.19. The fourth-order valence-corrected chi connectivity index (χ4v) is 3.45. The summed E-state index contributed by atoms with van der Waals surface area (Å²) in [5.41, 5.74) is 5.10. The first-order valence-corrected chi connectivity index (χ1v) is 7.73. The molecular weight excluding hydrogens is 298 g/mol. The summed E-state index contributed by atoms with van der Waals surface area (Å²) in [6.07, 6.45) is 0.722. The zero-order chi connectivity index (χ0) is 12.2. The van der Waals surface area contributed by atoms with Gasteiger partial charge in [0.1, 0.15) is 4.66 Å². The molecule has 1 fully saturated rings. The Balaban J connectivity index is 2.56. The summed E-state index contributed by atoms with van der Waals surface area (Å²) in [5.74, 6) is -0.378. The minimum absolute atomic E-state index is 0.0597. The summed E-state index contributed by atoms with van der Waals surface area (Å²) < 4.78 is 24.6. The third-order valence-corrected chi connectivity index (χ3v) is 5.62. The molecule has 94 valence electrons. The number of sulfonamides is 1. The van der Waals surface area contributed by atoms with Crippen molar-refractivity contribution in [2.24, 2.45) is 5.73 Å². The van der Waals surface area contributed by atoms with Crippen LogP contribution in [0.1, 0.15) is 6.42 Å². The molecule has 0 aliphatic carbocycles. The van der Waals surface area contributed by atoms with Gasteiger partial charge in [-0.1, -0.05) is 15.9 Å². The van der Waals surface area contributed by atoms with Crippen LogP contribution < -0.4 is 5.73 Å². The van der Waals surface area contributed by atoms with Crippen molar-refractivity contribution in [2.75, 3.05) is 37.4 Å². The van der Waals surface area contributed by atoms with Crippen molar-refractivity contribution < 1.29 is 13.2 Å². The van der Waals surface area contributed by atoms with E-state index in [9.17, 15) is 13.2 Å². The minimum Gasteiger partial charge on any atom is -0.369 e. The van der Waals surface area contributed by atoms with Crippen molar-refractivity contribution in [3.8, 4) is 0 Å². The number of hydrogen-bond acceptors (Lipinski definition) is 4. The van der Waals surface area contributed by atoms with E-state index in [1.54, 1.807) is 0 Å². The molecule has 1 saturated heterocycles. The van der Waals surface area contributed by atoms with E-state index in [4.69, 9.17) is 5.73 Å². The van der Waals surface area contributed by atoms with E-state index in [1.807, 2.05) is 4.90 Å². The Hall–Kier alpha value is -0.180. The van der Waals surface area contributed by atoms with Gasteiger partial charge in [0.25, 0.3) is 0 Å². The Morgan fingerprint density at radius 2 is 1.94 bits per heavy atom. The molecule has 0 aromatic heterocycles. The highest BCUT2D eigenvalue weighted by atomic mass is 79.9. The van der Waals surface area contributed by atoms with Crippen LogP contribution in [0.5, 0.6) is 0 Å². The van der Waals surface area contributed by atoms with Gasteiger partial charge in [0.05, 0.1) is 6.54 Å². The number of halogens is 1. The normalized spacial score (nSPS) is 20.6. The van der Waals surface area contributed by atoms with Crippen LogP contribution >= 0.6 is 15.9 Å². The number of amides is 1. The molecule has 1 aliphatic rings. The Kier molecular flexibility index (Phi) is 5.16. The number of hydrogen-bond donors (Lipinski definition) is 1. The van der Waals surface area contributed by atoms with E-state index in [-0.39, 0.29) is 17.1 Å². The Morgan fingerprint density at radius 1 is 1.25 bits per heavy atom. The van der Waals surface area contributed by atoms with E-state index in [2.05, 4.69) is 15.9 Å². The Morgan fingerprint density at radius 3 is 2.50 bits per heavy atom. The first-order chi connectivity index (χ1) is 7.45. The smallest absolute Gasteiger partial charge is 0.231 e. The van der Waals surface area contributed by atoms with Crippen LogP contribution in [0.2, 0.25) is 0 Å². The average Bonchev–Trinajstić information content (AvgIpc) is 2.43. The number of alkyl halides is 1. The largest absolute Gasteiger partial charge is 0.369 e. The van der Waals surface area contributed by atoms with Gasteiger partial charge < -0.3 is 5.73 Å². The fourth-order valence-electron chi connectivity index (χ4n) is 1.67. The lowest BCUT2D eigenvalue weighted by molar-refractivity contribution is -0.119. The highest BCUT2D eigenvalue weighted by Crippen LogP contribution is 2.10. The highest BCUT2D eigenvalue weighted by Gasteiger charge is 2.24. The second-order valence-corrected chi connectivity index (χ2v) is 6.99. The average molecular weight is 314 g/mol. The lowest BCUT2D eigenvalue weighted by Crippen LogP contribution is -2.38. The van der Waals surface area contributed by atoms with E-state index in [0.29, 0.717) is 26.2 Å². The quantitative estimate of drug-likeness (QED) is 0.686. The molecular formula is C8H16BrN3O3S. The summed E-state index contributed by atoms with van der Waals surface area (Å²) in [7, 11) is -3.19. The van der Waals surface area contributed by atoms with E-state index >= 15 is 0 Å². The SMILES string of the molecule is NC(=O)CN1CCCN(S(=O)(=O)CBr)CC1. The van der Waals surface area contributed by atoms with Crippen molar-refractivity contribution in [1.29, 1.82) is 0 Å². The standard InChI is InChI=1S/C8H16BrN3O3S/c9-7-16(14,15)12-3-1-2-11(4-5-12)6-8(10)13/h1-7H2,(H2,10,13). The molecule has 0 radical (unpaired) electrons. The van der Waals surface area contributed by atoms with Crippen LogP contribution in [0.15, 0.2) is 0 Å². The van der Waals surface area contributed by atoms with Gasteiger partial charge in [0.2, 0.25) is 15.9 Å². The molecule has 0 aromatic carbocycles. The van der Waals surface area contributed by atoms with Crippen LogP contribution in [0.25, 0.3) is 0 Å². The maximum absolute atomic E-state index is 11.6. The van der Waals surface area contributed by atoms with Gasteiger partial charge in [-0.05, 0) is 13.0 Å². The van der Waals surface area contributed by atoms with Crippen LogP contribution in [-0.4, -0.2) is 60.9 Å². The zero-order valence-corrected chi connectivity index (χ0v) is 11.3. The summed E-state index contributed by atoms with van der Waals surface area (Å²) in [6.45, 7) is 2.37. The van der Waals surface area contributed by atoms with Crippen LogP contribution in [0.4, 0.5) is 0 Å². The molecule has 0 spiro atoms. The summed E-state index contributed by atoms with van der Waals surface area (Å²) in [6, 6.07) is 0. The second kappa shape index (κ2) is 5.95. The van der Waals surface area contributed by atoms with Gasteiger partial charge in [-0.15, -0.1) is 0 Å². The molecule has 0 bridgehead atoms. The molecule has 1 aliphatic heterocycles. The van der Waals surface area contributed by atoms with Crippen molar-refractivity contribution >= 4 is 31.9 Å². The molecule has 1 rings (SSSR count). The number of nitrogens with zero attached hydrogens (tertiary/aromatic N) is 2. The van der Waals surface area contributed by atoms with Crippen LogP contribution in [0.3, 0.4) is 0 Å². The molecule has 6 nitrogen and oxygen atoms in total. The third kappa shape index (κ3) is 4.00. The molecule has 0 unspecified atom stereocenters. The number of carbonyl (C=O) groups excluding carboxylic acids is 1. The molecule has 0 aromatic rings. The predicted octanol–water partition coefficient (Wildman–Crippen LogP) is -0.838. The van der Waals surface area contributed by atoms with Crippen molar-refractivity contribution in [1.82, 2.24) is 9.21 Å². The summed E-state index contributed by atoms with van der Waals surface area (Å²) >= 11 is 2.97. The second-order valence-electron chi connectivity index (χ2n) is 3.72. The molecule has 8 heteroatoms. The van der Waals surface area contributed by atoms with Gasteiger partial charge in [-0.2, -0.15) is 4.31 Å². The maximum atomic E-state index is 11.6. The molecule has 1 amide bonds. The van der Waals surface area contributed by atoms with Crippen molar-refractivity contribution in [3.05, 3.63) is 0 Å². The number of rotatable bonds is 4. The maximum Gasteiger partial charge on any atom is 0.231 e. The molecule has 1 heterocycles. The van der Waals surface area contributed by atoms with Gasteiger partial charge >= 0.3 is 0 Å². The van der Waals surface area contributed by atoms with Gasteiger partial charge in [-0.25, -0.2) is 8.42 Å². The summed E-state index contributed by atoms with van der Waals surface area (Å²) in [4.78, 5) is 12.6. The number of nitrogens with two attached hydrogens (primary N) is 1. The Bertz CT molecular complexity index is 346. The van der Waals surface area contributed by atoms with Gasteiger partial charge in [-0.3, -0.25) is 9.69 Å². The number of carbonyl (C=O) groups is 1. The van der Waals surface area contributed by atoms with Crippen molar-refractivity contribution in [2.45, 2.75) is 6.42 Å². The first-order valence-electron chi connectivity index (χ1n) is 5.00. The van der Waals surface area contributed by atoms with E-state index in [1.165, 1.54) is 4.31 Å². The van der Waals surface area contributed by atoms with Crippen LogP contribution in [0, 0.1) is 0 Å². The lowest BCUT2D eigenvalue weighted by Gasteiger charge is -2.19. The molecule has 2 N–H and O–H groups in total. The predicted molar refractivity (Wildman–Crippen MR) is 64.5 cm³/mol. The van der Waals surface area contributed by atoms with Gasteiger partial charge in [0, 0.05) is 19.6 Å². The zero-order valence-electron chi connectivity index (χ0n) is 8.93. The molecule has 16 heavy (non-hydrogen) atoms. The fraction of sp³-hybridized carbons (Fsp3) is 0.875. The first kappa shape index (κ1) is 13.9. The highest BCUT2D eigenvalue weighted by molar-refractivity contribution is 9.10. The topological polar surface area (TPSA) is 83.7 Å².